The molecule has 0 radical (unpaired) electrons. The van der Waals surface area contributed by atoms with Crippen molar-refractivity contribution in [3.8, 4) is 16.9 Å². The van der Waals surface area contributed by atoms with Crippen LogP contribution in [-0.4, -0.2) is 24.7 Å². The molecule has 1 fully saturated rings. The predicted molar refractivity (Wildman–Crippen MR) is 180 cm³/mol. The quantitative estimate of drug-likeness (QED) is 0.194. The van der Waals surface area contributed by atoms with E-state index < -0.39 is 17.2 Å². The van der Waals surface area contributed by atoms with Gasteiger partial charge in [0.15, 0.2) is 5.60 Å². The highest BCUT2D eigenvalue weighted by Gasteiger charge is 2.38. The molecule has 4 heteroatoms. The van der Waals surface area contributed by atoms with Crippen molar-refractivity contribution in [3.63, 3.8) is 0 Å². The van der Waals surface area contributed by atoms with E-state index in [0.717, 1.165) is 57.4 Å². The molecule has 0 bridgehead atoms. The molecule has 0 N–H and O–H groups in total. The second kappa shape index (κ2) is 9.76. The van der Waals surface area contributed by atoms with Crippen molar-refractivity contribution >= 4 is 44.9 Å². The SMILES string of the molecule is O=C1C(=O)c2ccc(-c3ccc(C4(c5ccc(N6CCCC6)cc5)C=Cc5c(ccc6ccccc56)O4)cc3)c3cccc1c23. The van der Waals surface area contributed by atoms with E-state index in [9.17, 15) is 9.59 Å². The number of benzene rings is 6. The van der Waals surface area contributed by atoms with Crippen LogP contribution < -0.4 is 9.64 Å². The first kappa shape index (κ1) is 26.0. The van der Waals surface area contributed by atoms with E-state index in [1.807, 2.05) is 18.2 Å². The Morgan fingerprint density at radius 1 is 0.600 bits per heavy atom. The summed E-state index contributed by atoms with van der Waals surface area (Å²) in [7, 11) is 0. The zero-order valence-electron chi connectivity index (χ0n) is 24.6. The number of carbonyl (C=O) groups excluding carboxylic acids is 2. The molecule has 6 aromatic carbocycles. The van der Waals surface area contributed by atoms with Gasteiger partial charge in [0.1, 0.15) is 5.75 Å². The molecule has 4 nitrogen and oxygen atoms in total. The molecule has 0 spiro atoms. The Hall–Kier alpha value is -5.48. The van der Waals surface area contributed by atoms with Crippen LogP contribution in [0, 0.1) is 0 Å². The third kappa shape index (κ3) is 3.85. The van der Waals surface area contributed by atoms with Gasteiger partial charge in [-0.3, -0.25) is 9.59 Å². The van der Waals surface area contributed by atoms with Gasteiger partial charge in [-0.25, -0.2) is 0 Å². The van der Waals surface area contributed by atoms with Gasteiger partial charge in [0.05, 0.1) is 0 Å². The summed E-state index contributed by atoms with van der Waals surface area (Å²) in [6.07, 6.45) is 6.87. The molecule has 216 valence electrons. The number of ketones is 2. The average molecular weight is 584 g/mol. The highest BCUT2D eigenvalue weighted by atomic mass is 16.5. The molecule has 0 aromatic heterocycles. The van der Waals surface area contributed by atoms with E-state index >= 15 is 0 Å². The third-order valence-corrected chi connectivity index (χ3v) is 9.81. The van der Waals surface area contributed by atoms with E-state index in [1.165, 1.54) is 29.3 Å². The molecule has 0 amide bonds. The van der Waals surface area contributed by atoms with Gasteiger partial charge in [-0.05, 0) is 76.5 Å². The predicted octanol–water partition coefficient (Wildman–Crippen LogP) is 8.99. The van der Waals surface area contributed by atoms with Crippen molar-refractivity contribution in [2.45, 2.75) is 18.4 Å². The molecule has 1 atom stereocenters. The second-order valence-corrected chi connectivity index (χ2v) is 12.2. The van der Waals surface area contributed by atoms with Gasteiger partial charge < -0.3 is 9.64 Å². The molecule has 1 saturated heterocycles. The van der Waals surface area contributed by atoms with Crippen LogP contribution in [0.4, 0.5) is 5.69 Å². The molecule has 3 aliphatic rings. The summed E-state index contributed by atoms with van der Waals surface area (Å²) < 4.78 is 7.07. The smallest absolute Gasteiger partial charge is 0.234 e. The molecule has 9 rings (SSSR count). The van der Waals surface area contributed by atoms with Crippen LogP contribution in [0.5, 0.6) is 5.75 Å². The summed E-state index contributed by atoms with van der Waals surface area (Å²) in [5, 5.41) is 4.03. The maximum Gasteiger partial charge on any atom is 0.234 e. The zero-order valence-corrected chi connectivity index (χ0v) is 24.6. The lowest BCUT2D eigenvalue weighted by Gasteiger charge is -2.37. The lowest BCUT2D eigenvalue weighted by atomic mass is 9.82. The van der Waals surface area contributed by atoms with Crippen molar-refractivity contribution < 1.29 is 14.3 Å². The largest absolute Gasteiger partial charge is 0.473 e. The van der Waals surface area contributed by atoms with Crippen LogP contribution in [0.2, 0.25) is 0 Å². The van der Waals surface area contributed by atoms with Crippen LogP contribution in [0.1, 0.15) is 50.2 Å². The van der Waals surface area contributed by atoms with Crippen LogP contribution in [0.15, 0.2) is 121 Å². The molecular weight excluding hydrogens is 554 g/mol. The first-order chi connectivity index (χ1) is 22.1. The lowest BCUT2D eigenvalue weighted by Crippen LogP contribution is -2.34. The summed E-state index contributed by atoms with van der Waals surface area (Å²) in [6.45, 7) is 2.20. The zero-order chi connectivity index (χ0) is 30.1. The van der Waals surface area contributed by atoms with Crippen molar-refractivity contribution in [3.05, 3.63) is 149 Å². The van der Waals surface area contributed by atoms with Gasteiger partial charge in [0.25, 0.3) is 0 Å². The van der Waals surface area contributed by atoms with E-state index in [1.54, 1.807) is 12.1 Å². The van der Waals surface area contributed by atoms with Gasteiger partial charge in [0, 0.05) is 52.0 Å². The van der Waals surface area contributed by atoms with Gasteiger partial charge in [-0.15, -0.1) is 0 Å². The van der Waals surface area contributed by atoms with Crippen molar-refractivity contribution in [2.75, 3.05) is 18.0 Å². The summed E-state index contributed by atoms with van der Waals surface area (Å²) in [4.78, 5) is 27.6. The number of hydrogen-bond donors (Lipinski definition) is 0. The third-order valence-electron chi connectivity index (χ3n) is 9.81. The van der Waals surface area contributed by atoms with Crippen LogP contribution >= 0.6 is 0 Å². The number of carbonyl (C=O) groups is 2. The van der Waals surface area contributed by atoms with Gasteiger partial charge >= 0.3 is 0 Å². The van der Waals surface area contributed by atoms with Gasteiger partial charge in [-0.1, -0.05) is 91.0 Å². The minimum Gasteiger partial charge on any atom is -0.473 e. The Bertz CT molecular complexity index is 2200. The van der Waals surface area contributed by atoms with E-state index in [-0.39, 0.29) is 0 Å². The highest BCUT2D eigenvalue weighted by Crippen LogP contribution is 2.45. The summed E-state index contributed by atoms with van der Waals surface area (Å²) in [5.74, 6) is 0.0101. The van der Waals surface area contributed by atoms with Crippen molar-refractivity contribution in [2.24, 2.45) is 0 Å². The minimum atomic E-state index is -0.821. The summed E-state index contributed by atoms with van der Waals surface area (Å²) in [6, 6.07) is 39.3. The molecule has 1 unspecified atom stereocenters. The molecule has 2 aliphatic heterocycles. The molecule has 1 aliphatic carbocycles. The van der Waals surface area contributed by atoms with Gasteiger partial charge in [-0.2, -0.15) is 0 Å². The average Bonchev–Trinajstić information content (AvgIpc) is 3.73. The topological polar surface area (TPSA) is 46.6 Å². The second-order valence-electron chi connectivity index (χ2n) is 12.2. The highest BCUT2D eigenvalue weighted by molar-refractivity contribution is 6.57. The van der Waals surface area contributed by atoms with E-state index in [4.69, 9.17) is 4.74 Å². The Balaban J connectivity index is 1.17. The number of hydrogen-bond acceptors (Lipinski definition) is 4. The fourth-order valence-electron chi connectivity index (χ4n) is 7.50. The van der Waals surface area contributed by atoms with Crippen molar-refractivity contribution in [1.29, 1.82) is 0 Å². The number of anilines is 1. The molecule has 45 heavy (non-hydrogen) atoms. The molecule has 2 heterocycles. The number of nitrogens with zero attached hydrogens (tertiary/aromatic N) is 1. The van der Waals surface area contributed by atoms with Crippen LogP contribution in [-0.2, 0) is 5.60 Å². The number of rotatable bonds is 4. The fourth-order valence-corrected chi connectivity index (χ4v) is 7.50. The Morgan fingerprint density at radius 2 is 1.27 bits per heavy atom. The Morgan fingerprint density at radius 3 is 2.04 bits per heavy atom. The van der Waals surface area contributed by atoms with Crippen molar-refractivity contribution in [1.82, 2.24) is 0 Å². The Labute approximate surface area is 261 Å². The summed E-state index contributed by atoms with van der Waals surface area (Å²) >= 11 is 0. The molecular formula is C41H29NO3. The first-order valence-corrected chi connectivity index (χ1v) is 15.6. The van der Waals surface area contributed by atoms with Gasteiger partial charge in [0.2, 0.25) is 11.6 Å². The number of Topliss-reactive ketones (excluding diaryl/α,β-unsaturated/α-hetero) is 2. The van der Waals surface area contributed by atoms with E-state index in [2.05, 4.69) is 102 Å². The standard InChI is InChI=1S/C41H29NO3/c43-39-35-9-5-8-34-32(19-20-36(38(34)35)40(39)44)27-10-13-28(14-11-27)41(29-15-17-30(18-16-29)42-24-3-4-25-42)23-22-33-31-7-2-1-6-26(31)12-21-37(33)45-41/h1-2,5-23H,3-4,24-25H2. The molecule has 0 saturated carbocycles. The monoisotopic (exact) mass is 583 g/mol. The lowest BCUT2D eigenvalue weighted by molar-refractivity contribution is 0.0825. The van der Waals surface area contributed by atoms with E-state index in [0.29, 0.717) is 11.1 Å². The maximum atomic E-state index is 12.6. The minimum absolute atomic E-state index is 0.421. The normalized spacial score (nSPS) is 18.5. The summed E-state index contributed by atoms with van der Waals surface area (Å²) in [5.41, 5.74) is 6.59. The van der Waals surface area contributed by atoms with Crippen LogP contribution in [0.3, 0.4) is 0 Å². The number of fused-ring (bicyclic) bond motifs is 3. The first-order valence-electron chi connectivity index (χ1n) is 15.6. The Kier molecular flexibility index (Phi) is 5.63. The van der Waals surface area contributed by atoms with Crippen LogP contribution in [0.25, 0.3) is 38.7 Å². The number of ether oxygens (including phenoxy) is 1. The maximum absolute atomic E-state index is 12.6. The fraction of sp³-hybridized carbons (Fsp3) is 0.122. The molecule has 6 aromatic rings.